The zero-order valence-corrected chi connectivity index (χ0v) is 21.8. The first-order valence-corrected chi connectivity index (χ1v) is 12.4. The lowest BCUT2D eigenvalue weighted by atomic mass is 9.75. The Morgan fingerprint density at radius 3 is 2.12 bits per heavy atom. The highest BCUT2D eigenvalue weighted by molar-refractivity contribution is 5.76. The maximum atomic E-state index is 12.9. The molecular formula is C29H44NO3+. The summed E-state index contributed by atoms with van der Waals surface area (Å²) < 4.78 is 13.3. The molecule has 2 atom stereocenters. The quantitative estimate of drug-likeness (QED) is 0.212. The third kappa shape index (κ3) is 8.58. The fourth-order valence-corrected chi connectivity index (χ4v) is 4.17. The molecule has 1 heterocycles. The average Bonchev–Trinajstić information content (AvgIpc) is 2.78. The third-order valence-corrected chi connectivity index (χ3v) is 6.23. The molecule has 1 aromatic carbocycles. The van der Waals surface area contributed by atoms with Gasteiger partial charge in [-0.3, -0.25) is 4.79 Å². The van der Waals surface area contributed by atoms with Gasteiger partial charge in [-0.15, -0.1) is 0 Å². The molecule has 2 aromatic rings. The van der Waals surface area contributed by atoms with Crippen LogP contribution in [-0.4, -0.2) is 25.8 Å². The molecule has 2 unspecified atom stereocenters. The van der Waals surface area contributed by atoms with E-state index in [4.69, 9.17) is 9.47 Å². The summed E-state index contributed by atoms with van der Waals surface area (Å²) in [5, 5.41) is 0. The first-order valence-electron chi connectivity index (χ1n) is 12.4. The van der Waals surface area contributed by atoms with Crippen molar-refractivity contribution in [3.8, 4) is 0 Å². The van der Waals surface area contributed by atoms with Crippen molar-refractivity contribution in [1.29, 1.82) is 0 Å². The Hall–Kier alpha value is -2.20. The van der Waals surface area contributed by atoms with Crippen molar-refractivity contribution in [3.05, 3.63) is 66.0 Å². The summed E-state index contributed by atoms with van der Waals surface area (Å²) in [4.78, 5) is 12.9. The second kappa shape index (κ2) is 12.3. The Labute approximate surface area is 201 Å². The van der Waals surface area contributed by atoms with Crippen molar-refractivity contribution < 1.29 is 18.8 Å². The van der Waals surface area contributed by atoms with E-state index in [1.165, 1.54) is 11.1 Å². The zero-order valence-electron chi connectivity index (χ0n) is 21.8. The van der Waals surface area contributed by atoms with Gasteiger partial charge in [0.05, 0.1) is 12.0 Å². The minimum absolute atomic E-state index is 0.0360. The standard InChI is InChI=1S/C29H44NO3/c1-8-18-32-19-20-33-27(31)29(6,7)22-26(21-23(2)24-12-10-9-11-13-24)25-14-16-30(17-15-25)28(3,4)5/h9-17,23,26H,8,18-22H2,1-7H3/q+1. The number of hydrogen-bond acceptors (Lipinski definition) is 3. The third-order valence-electron chi connectivity index (χ3n) is 6.23. The van der Waals surface area contributed by atoms with E-state index in [2.05, 4.69) is 94.0 Å². The number of esters is 1. The highest BCUT2D eigenvalue weighted by atomic mass is 16.6. The number of ether oxygens (including phenoxy) is 2. The summed E-state index contributed by atoms with van der Waals surface area (Å²) in [6.45, 7) is 16.4. The van der Waals surface area contributed by atoms with Crippen molar-refractivity contribution in [2.75, 3.05) is 19.8 Å². The number of aromatic nitrogens is 1. The van der Waals surface area contributed by atoms with Crippen molar-refractivity contribution in [1.82, 2.24) is 0 Å². The van der Waals surface area contributed by atoms with Gasteiger partial charge in [0.15, 0.2) is 17.9 Å². The van der Waals surface area contributed by atoms with E-state index in [0.29, 0.717) is 25.7 Å². The van der Waals surface area contributed by atoms with Crippen LogP contribution in [-0.2, 0) is 19.8 Å². The van der Waals surface area contributed by atoms with Crippen LogP contribution in [0.1, 0.15) is 90.7 Å². The van der Waals surface area contributed by atoms with E-state index in [9.17, 15) is 4.79 Å². The molecule has 0 aliphatic heterocycles. The van der Waals surface area contributed by atoms with Crippen molar-refractivity contribution in [2.45, 2.75) is 85.1 Å². The summed E-state index contributed by atoms with van der Waals surface area (Å²) >= 11 is 0. The average molecular weight is 455 g/mol. The molecule has 0 bridgehead atoms. The van der Waals surface area contributed by atoms with Gasteiger partial charge in [0.1, 0.15) is 6.61 Å². The maximum absolute atomic E-state index is 12.9. The second-order valence-corrected chi connectivity index (χ2v) is 10.8. The number of pyridine rings is 1. The topological polar surface area (TPSA) is 39.4 Å². The van der Waals surface area contributed by atoms with E-state index in [1.54, 1.807) is 0 Å². The van der Waals surface area contributed by atoms with Crippen LogP contribution >= 0.6 is 0 Å². The van der Waals surface area contributed by atoms with Crippen molar-refractivity contribution in [3.63, 3.8) is 0 Å². The minimum atomic E-state index is -0.582. The van der Waals surface area contributed by atoms with Gasteiger partial charge in [-0.25, -0.2) is 4.57 Å². The van der Waals surface area contributed by atoms with E-state index < -0.39 is 5.41 Å². The first-order chi connectivity index (χ1) is 15.5. The summed E-state index contributed by atoms with van der Waals surface area (Å²) in [6, 6.07) is 15.1. The number of nitrogens with zero attached hydrogens (tertiary/aromatic N) is 1. The second-order valence-electron chi connectivity index (χ2n) is 10.8. The van der Waals surface area contributed by atoms with E-state index in [0.717, 1.165) is 19.3 Å². The molecule has 182 valence electrons. The van der Waals surface area contributed by atoms with Gasteiger partial charge in [0.2, 0.25) is 0 Å². The Morgan fingerprint density at radius 1 is 0.909 bits per heavy atom. The van der Waals surface area contributed by atoms with E-state index >= 15 is 0 Å². The Kier molecular flexibility index (Phi) is 10.1. The molecule has 0 aliphatic carbocycles. The summed E-state index contributed by atoms with van der Waals surface area (Å²) in [7, 11) is 0. The van der Waals surface area contributed by atoms with Crippen LogP contribution in [0.2, 0.25) is 0 Å². The highest BCUT2D eigenvalue weighted by Gasteiger charge is 2.34. The molecular weight excluding hydrogens is 410 g/mol. The normalized spacial score (nSPS) is 14.0. The molecule has 0 aliphatic rings. The SMILES string of the molecule is CCCOCCOC(=O)C(C)(C)CC(CC(C)c1ccccc1)c1cc[n+](C(C)(C)C)cc1. The number of carbonyl (C=O) groups excluding carboxylic acids is 1. The van der Waals surface area contributed by atoms with Crippen LogP contribution in [0.5, 0.6) is 0 Å². The number of carbonyl (C=O) groups is 1. The molecule has 0 fully saturated rings. The van der Waals surface area contributed by atoms with Crippen LogP contribution in [0, 0.1) is 5.41 Å². The fourth-order valence-electron chi connectivity index (χ4n) is 4.17. The van der Waals surface area contributed by atoms with Gasteiger partial charge in [-0.1, -0.05) is 44.2 Å². The smallest absolute Gasteiger partial charge is 0.311 e. The van der Waals surface area contributed by atoms with Crippen molar-refractivity contribution in [2.24, 2.45) is 5.41 Å². The lowest BCUT2D eigenvalue weighted by Gasteiger charge is -2.30. The Morgan fingerprint density at radius 2 is 1.55 bits per heavy atom. The molecule has 0 spiro atoms. The fraction of sp³-hybridized carbons (Fsp3) is 0.586. The van der Waals surface area contributed by atoms with Crippen LogP contribution < -0.4 is 4.57 Å². The Balaban J connectivity index is 2.18. The van der Waals surface area contributed by atoms with Gasteiger partial charge >= 0.3 is 5.97 Å². The Bertz CT molecular complexity index is 837. The number of rotatable bonds is 12. The monoisotopic (exact) mass is 454 g/mol. The van der Waals surface area contributed by atoms with Gasteiger partial charge in [0.25, 0.3) is 0 Å². The molecule has 0 saturated carbocycles. The molecule has 0 amide bonds. The molecule has 0 N–H and O–H groups in total. The maximum Gasteiger partial charge on any atom is 0.311 e. The zero-order chi connectivity index (χ0) is 24.5. The van der Waals surface area contributed by atoms with Crippen LogP contribution in [0.4, 0.5) is 0 Å². The molecule has 0 radical (unpaired) electrons. The van der Waals surface area contributed by atoms with E-state index in [1.807, 2.05) is 13.8 Å². The van der Waals surface area contributed by atoms with Crippen LogP contribution in [0.3, 0.4) is 0 Å². The largest absolute Gasteiger partial charge is 0.463 e. The molecule has 33 heavy (non-hydrogen) atoms. The molecule has 4 heteroatoms. The van der Waals surface area contributed by atoms with Crippen molar-refractivity contribution >= 4 is 5.97 Å². The minimum Gasteiger partial charge on any atom is -0.463 e. The lowest BCUT2D eigenvalue weighted by Crippen LogP contribution is -2.49. The van der Waals surface area contributed by atoms with Gasteiger partial charge < -0.3 is 9.47 Å². The number of hydrogen-bond donors (Lipinski definition) is 0. The van der Waals surface area contributed by atoms with Crippen LogP contribution in [0.15, 0.2) is 54.9 Å². The summed E-state index contributed by atoms with van der Waals surface area (Å²) in [5.41, 5.74) is 2.05. The first kappa shape index (κ1) is 27.0. The molecule has 2 rings (SSSR count). The predicted octanol–water partition coefficient (Wildman–Crippen LogP) is 6.39. The lowest BCUT2D eigenvalue weighted by molar-refractivity contribution is -0.754. The number of benzene rings is 1. The van der Waals surface area contributed by atoms with Crippen LogP contribution in [0.25, 0.3) is 0 Å². The van der Waals surface area contributed by atoms with Gasteiger partial charge in [-0.05, 0) is 56.1 Å². The molecule has 4 nitrogen and oxygen atoms in total. The molecule has 0 saturated heterocycles. The highest BCUT2D eigenvalue weighted by Crippen LogP contribution is 2.39. The van der Waals surface area contributed by atoms with Gasteiger partial charge in [0, 0.05) is 39.5 Å². The summed E-state index contributed by atoms with van der Waals surface area (Å²) in [6.07, 6.45) is 6.99. The van der Waals surface area contributed by atoms with E-state index in [-0.39, 0.29) is 17.4 Å². The molecule has 1 aromatic heterocycles. The summed E-state index contributed by atoms with van der Waals surface area (Å²) in [5.74, 6) is 0.481. The van der Waals surface area contributed by atoms with Gasteiger partial charge in [-0.2, -0.15) is 0 Å². The predicted molar refractivity (Wildman–Crippen MR) is 134 cm³/mol.